The number of aryl methyl sites for hydroxylation is 2. The fourth-order valence-corrected chi connectivity index (χ4v) is 3.33. The smallest absolute Gasteiger partial charge is 0.349 e. The Morgan fingerprint density at radius 2 is 1.96 bits per heavy atom. The summed E-state index contributed by atoms with van der Waals surface area (Å²) in [6.45, 7) is 5.98. The van der Waals surface area contributed by atoms with Crippen LogP contribution in [0.15, 0.2) is 34.1 Å². The van der Waals surface area contributed by atoms with Crippen LogP contribution in [0.25, 0.3) is 22.6 Å². The Bertz CT molecular complexity index is 1100. The fourth-order valence-electron chi connectivity index (χ4n) is 3.33. The van der Waals surface area contributed by atoms with Gasteiger partial charge in [-0.3, -0.25) is 9.78 Å². The van der Waals surface area contributed by atoms with Crippen LogP contribution < -0.4 is 16.0 Å². The van der Waals surface area contributed by atoms with E-state index in [4.69, 9.17) is 9.84 Å². The van der Waals surface area contributed by atoms with Gasteiger partial charge in [-0.25, -0.2) is 9.78 Å². The van der Waals surface area contributed by atoms with E-state index in [1.807, 2.05) is 23.6 Å². The van der Waals surface area contributed by atoms with Gasteiger partial charge in [0.1, 0.15) is 5.75 Å². The molecule has 0 amide bonds. The Labute approximate surface area is 161 Å². The van der Waals surface area contributed by atoms with E-state index in [0.29, 0.717) is 24.2 Å². The number of H-pyrrole nitrogens is 1. The van der Waals surface area contributed by atoms with Crippen molar-refractivity contribution in [2.45, 2.75) is 45.6 Å². The van der Waals surface area contributed by atoms with Gasteiger partial charge in [0.15, 0.2) is 11.5 Å². The third-order valence-electron chi connectivity index (χ3n) is 4.72. The zero-order valence-corrected chi connectivity index (χ0v) is 16.1. The topological polar surface area (TPSA) is 110 Å². The number of ether oxygens (including phenoxy) is 1. The highest BCUT2D eigenvalue weighted by Crippen LogP contribution is 2.28. The van der Waals surface area contributed by atoms with Crippen molar-refractivity contribution < 1.29 is 9.84 Å². The van der Waals surface area contributed by atoms with Crippen molar-refractivity contribution in [2.24, 2.45) is 0 Å². The molecule has 2 aliphatic heterocycles. The number of benzene rings is 1. The van der Waals surface area contributed by atoms with E-state index in [-0.39, 0.29) is 17.3 Å². The third kappa shape index (κ3) is 4.05. The van der Waals surface area contributed by atoms with E-state index in [1.54, 1.807) is 7.11 Å². The van der Waals surface area contributed by atoms with Crippen molar-refractivity contribution in [1.82, 2.24) is 19.5 Å². The summed E-state index contributed by atoms with van der Waals surface area (Å²) in [6.07, 6.45) is 4.18. The number of hydrogen-bond donors (Lipinski definition) is 2. The molecular weight excluding hydrogens is 360 g/mol. The van der Waals surface area contributed by atoms with Gasteiger partial charge in [-0.1, -0.05) is 19.4 Å². The first kappa shape index (κ1) is 19.6. The second-order valence-electron chi connectivity index (χ2n) is 6.85. The number of methoxy groups -OCH3 is 1. The lowest BCUT2D eigenvalue weighted by Gasteiger charge is -2.18. The molecule has 148 valence electrons. The van der Waals surface area contributed by atoms with Gasteiger partial charge in [0, 0.05) is 19.0 Å². The lowest BCUT2D eigenvalue weighted by atomic mass is 10.1. The van der Waals surface area contributed by atoms with Gasteiger partial charge in [0.25, 0.3) is 5.56 Å². The molecule has 8 heteroatoms. The highest BCUT2D eigenvalue weighted by molar-refractivity contribution is 5.81. The predicted molar refractivity (Wildman–Crippen MR) is 107 cm³/mol. The number of fused-ring (bicyclic) bond motifs is 2. The number of hydrogen-bond acceptors (Lipinski definition) is 6. The summed E-state index contributed by atoms with van der Waals surface area (Å²) in [6, 6.07) is 3.72. The molecular formula is C20H24N4O4. The first-order chi connectivity index (χ1) is 13.4. The molecule has 28 heavy (non-hydrogen) atoms. The average Bonchev–Trinajstić information content (AvgIpc) is 2.63. The lowest BCUT2D eigenvalue weighted by Crippen LogP contribution is -2.29. The standard InChI is InChI=1S/C20H24N4O4/c1-12-10-14-15(11-16(12)28-3)24(9-7-5-4-6-8-13(2)25)18-17(21-14)19(26)23-20(27)22-18/h10-11,25H,2,4-9H2,1,3H3,(H,23,26,27). The molecule has 0 spiro atoms. The van der Waals surface area contributed by atoms with Crippen molar-refractivity contribution >= 4 is 11.0 Å². The molecule has 0 saturated carbocycles. The molecule has 8 nitrogen and oxygen atoms in total. The zero-order valence-electron chi connectivity index (χ0n) is 16.1. The van der Waals surface area contributed by atoms with Gasteiger partial charge in [-0.2, -0.15) is 4.98 Å². The fraction of sp³-hybridized carbons (Fsp3) is 0.400. The molecule has 0 aromatic heterocycles. The van der Waals surface area contributed by atoms with Crippen molar-refractivity contribution in [1.29, 1.82) is 0 Å². The minimum Gasteiger partial charge on any atom is -0.513 e. The van der Waals surface area contributed by atoms with Gasteiger partial charge in [-0.05, 0) is 31.4 Å². The SMILES string of the molecule is C=C(O)CCCCCCn1c2nc(=O)[nH]c(=O)c-2nc2cc(C)c(OC)cc21. The van der Waals surface area contributed by atoms with E-state index in [2.05, 4.69) is 21.5 Å². The van der Waals surface area contributed by atoms with Gasteiger partial charge in [-0.15, -0.1) is 0 Å². The second-order valence-corrected chi connectivity index (χ2v) is 6.85. The molecule has 2 heterocycles. The summed E-state index contributed by atoms with van der Waals surface area (Å²) >= 11 is 0. The Kier molecular flexibility index (Phi) is 5.77. The Morgan fingerprint density at radius 3 is 2.68 bits per heavy atom. The number of aromatic nitrogens is 4. The van der Waals surface area contributed by atoms with E-state index in [9.17, 15) is 9.59 Å². The molecule has 0 saturated heterocycles. The highest BCUT2D eigenvalue weighted by atomic mass is 16.5. The molecule has 0 fully saturated rings. The summed E-state index contributed by atoms with van der Waals surface area (Å²) in [4.78, 5) is 34.7. The monoisotopic (exact) mass is 384 g/mol. The van der Waals surface area contributed by atoms with E-state index in [1.165, 1.54) is 0 Å². The summed E-state index contributed by atoms with van der Waals surface area (Å²) in [7, 11) is 1.60. The number of rotatable bonds is 8. The average molecular weight is 384 g/mol. The van der Waals surface area contributed by atoms with Crippen molar-refractivity contribution in [3.8, 4) is 17.3 Å². The summed E-state index contributed by atoms with van der Waals surface area (Å²) in [5.41, 5.74) is 1.23. The normalized spacial score (nSPS) is 11.2. The molecule has 1 aromatic carbocycles. The van der Waals surface area contributed by atoms with E-state index in [0.717, 1.165) is 36.8 Å². The van der Waals surface area contributed by atoms with Crippen LogP contribution in [0.1, 0.15) is 37.7 Å². The van der Waals surface area contributed by atoms with Crippen LogP contribution in [-0.4, -0.2) is 31.7 Å². The lowest BCUT2D eigenvalue weighted by molar-refractivity contribution is 0.383. The van der Waals surface area contributed by atoms with Gasteiger partial charge in [0.2, 0.25) is 0 Å². The molecule has 0 aliphatic carbocycles. The van der Waals surface area contributed by atoms with Crippen LogP contribution in [0, 0.1) is 6.92 Å². The first-order valence-electron chi connectivity index (χ1n) is 9.26. The minimum absolute atomic E-state index is 0.147. The van der Waals surface area contributed by atoms with E-state index < -0.39 is 11.2 Å². The summed E-state index contributed by atoms with van der Waals surface area (Å²) < 4.78 is 7.29. The third-order valence-corrected chi connectivity index (χ3v) is 4.72. The number of unbranched alkanes of at least 4 members (excludes halogenated alkanes) is 3. The molecule has 3 rings (SSSR count). The van der Waals surface area contributed by atoms with Gasteiger partial charge < -0.3 is 14.4 Å². The maximum Gasteiger partial charge on any atom is 0.349 e. The molecule has 2 N–H and O–H groups in total. The quantitative estimate of drug-likeness (QED) is 0.351. The first-order valence-corrected chi connectivity index (χ1v) is 9.26. The Hall–Kier alpha value is -3.16. The minimum atomic E-state index is -0.687. The molecule has 0 atom stereocenters. The van der Waals surface area contributed by atoms with Crippen molar-refractivity contribution in [3.63, 3.8) is 0 Å². The molecule has 1 aromatic rings. The Balaban J connectivity index is 2.02. The number of aliphatic hydroxyl groups excluding tert-OH is 1. The summed E-state index contributed by atoms with van der Waals surface area (Å²) in [5.74, 6) is 1.18. The van der Waals surface area contributed by atoms with Gasteiger partial charge >= 0.3 is 5.69 Å². The largest absolute Gasteiger partial charge is 0.513 e. The van der Waals surface area contributed by atoms with Crippen LogP contribution in [0.5, 0.6) is 5.75 Å². The predicted octanol–water partition coefficient (Wildman–Crippen LogP) is 2.92. The van der Waals surface area contributed by atoms with Crippen LogP contribution in [0.2, 0.25) is 0 Å². The van der Waals surface area contributed by atoms with Crippen LogP contribution in [-0.2, 0) is 6.54 Å². The number of nitrogens with zero attached hydrogens (tertiary/aromatic N) is 3. The van der Waals surface area contributed by atoms with Crippen molar-refractivity contribution in [3.05, 3.63) is 50.9 Å². The molecule has 0 unspecified atom stereocenters. The molecule has 0 radical (unpaired) electrons. The van der Waals surface area contributed by atoms with E-state index >= 15 is 0 Å². The highest BCUT2D eigenvalue weighted by Gasteiger charge is 2.19. The maximum absolute atomic E-state index is 12.3. The number of aliphatic hydroxyl groups is 1. The van der Waals surface area contributed by atoms with Crippen molar-refractivity contribution in [2.75, 3.05) is 7.11 Å². The number of aromatic amines is 1. The molecule has 2 aliphatic rings. The van der Waals surface area contributed by atoms with Gasteiger partial charge in [0.05, 0.1) is 23.9 Å². The zero-order chi connectivity index (χ0) is 20.3. The summed E-state index contributed by atoms with van der Waals surface area (Å²) in [5, 5.41) is 9.16. The van der Waals surface area contributed by atoms with Crippen LogP contribution in [0.4, 0.5) is 0 Å². The number of nitrogens with one attached hydrogen (secondary N) is 1. The molecule has 0 bridgehead atoms. The Morgan fingerprint density at radius 1 is 1.21 bits per heavy atom. The maximum atomic E-state index is 12.3. The second kappa shape index (κ2) is 8.24. The van der Waals surface area contributed by atoms with Crippen LogP contribution in [0.3, 0.4) is 0 Å². The van der Waals surface area contributed by atoms with Crippen LogP contribution >= 0.6 is 0 Å². The number of allylic oxidation sites excluding steroid dienone is 1.